The Morgan fingerprint density at radius 1 is 1.08 bits per heavy atom. The maximum Gasteiger partial charge on any atom is 0.416 e. The first-order valence-electron chi connectivity index (χ1n) is 7.59. The van der Waals surface area contributed by atoms with Crippen molar-refractivity contribution >= 4 is 20.9 Å². The number of aromatic amines is 1. The average Bonchev–Trinajstić information content (AvgIpc) is 3.02. The van der Waals surface area contributed by atoms with Gasteiger partial charge in [-0.1, -0.05) is 6.07 Å². The minimum atomic E-state index is -4.53. The van der Waals surface area contributed by atoms with E-state index in [2.05, 4.69) is 10.2 Å². The number of aryl methyl sites for hydroxylation is 1. The van der Waals surface area contributed by atoms with E-state index in [-0.39, 0.29) is 16.0 Å². The van der Waals surface area contributed by atoms with Crippen LogP contribution in [0.25, 0.3) is 22.0 Å². The van der Waals surface area contributed by atoms with Crippen molar-refractivity contribution in [2.24, 2.45) is 0 Å². The molecule has 5 nitrogen and oxygen atoms in total. The van der Waals surface area contributed by atoms with Crippen molar-refractivity contribution in [3.8, 4) is 11.1 Å². The van der Waals surface area contributed by atoms with Crippen molar-refractivity contribution in [2.75, 3.05) is 14.1 Å². The highest BCUT2D eigenvalue weighted by atomic mass is 32.2. The van der Waals surface area contributed by atoms with Crippen LogP contribution in [-0.2, 0) is 16.2 Å². The van der Waals surface area contributed by atoms with Crippen molar-refractivity contribution in [2.45, 2.75) is 18.0 Å². The summed E-state index contributed by atoms with van der Waals surface area (Å²) in [7, 11) is -0.922. The van der Waals surface area contributed by atoms with Gasteiger partial charge in [0.25, 0.3) is 0 Å². The molecule has 0 aliphatic carbocycles. The fourth-order valence-electron chi connectivity index (χ4n) is 2.70. The molecule has 0 aliphatic heterocycles. The number of aromatic nitrogens is 2. The number of nitrogens with zero attached hydrogens (tertiary/aromatic N) is 2. The van der Waals surface area contributed by atoms with E-state index < -0.39 is 21.8 Å². The second-order valence-corrected chi connectivity index (χ2v) is 8.27. The second-order valence-electron chi connectivity index (χ2n) is 6.12. The first kappa shape index (κ1) is 18.4. The molecule has 0 unspecified atom stereocenters. The van der Waals surface area contributed by atoms with Crippen molar-refractivity contribution in [3.05, 3.63) is 47.7 Å². The fraction of sp³-hybridized carbons (Fsp3) is 0.235. The van der Waals surface area contributed by atoms with E-state index in [0.29, 0.717) is 16.5 Å². The Balaban J connectivity index is 2.32. The Bertz CT molecular complexity index is 1090. The molecule has 1 heterocycles. The van der Waals surface area contributed by atoms with Crippen LogP contribution in [0.3, 0.4) is 0 Å². The van der Waals surface area contributed by atoms with Gasteiger partial charge in [-0.05, 0) is 47.9 Å². The molecule has 0 fully saturated rings. The van der Waals surface area contributed by atoms with Gasteiger partial charge in [-0.15, -0.1) is 0 Å². The predicted octanol–water partition coefficient (Wildman–Crippen LogP) is 3.81. The van der Waals surface area contributed by atoms with E-state index in [1.807, 2.05) is 0 Å². The Morgan fingerprint density at radius 2 is 1.77 bits per heavy atom. The number of hydrogen-bond donors (Lipinski definition) is 1. The number of alkyl halides is 3. The molecule has 1 aromatic heterocycles. The average molecular weight is 383 g/mol. The summed E-state index contributed by atoms with van der Waals surface area (Å²) in [6.45, 7) is 1.72. The van der Waals surface area contributed by atoms with E-state index in [1.165, 1.54) is 32.4 Å². The topological polar surface area (TPSA) is 66.1 Å². The molecule has 3 rings (SSSR count). The Kier molecular flexibility index (Phi) is 4.32. The summed E-state index contributed by atoms with van der Waals surface area (Å²) < 4.78 is 65.6. The molecule has 0 bridgehead atoms. The van der Waals surface area contributed by atoms with Gasteiger partial charge in [0, 0.05) is 19.5 Å². The molecule has 9 heteroatoms. The van der Waals surface area contributed by atoms with Crippen molar-refractivity contribution in [1.82, 2.24) is 14.5 Å². The number of halogens is 3. The molecule has 26 heavy (non-hydrogen) atoms. The van der Waals surface area contributed by atoms with Crippen LogP contribution in [0.2, 0.25) is 0 Å². The lowest BCUT2D eigenvalue weighted by atomic mass is 9.95. The first-order chi connectivity index (χ1) is 12.0. The molecule has 0 spiro atoms. The minimum absolute atomic E-state index is 0.0113. The molecule has 0 saturated heterocycles. The predicted molar refractivity (Wildman–Crippen MR) is 92.1 cm³/mol. The molecular formula is C17H16F3N3O2S. The number of hydrogen-bond acceptors (Lipinski definition) is 3. The van der Waals surface area contributed by atoms with Crippen molar-refractivity contribution < 1.29 is 21.6 Å². The molecule has 1 N–H and O–H groups in total. The van der Waals surface area contributed by atoms with Gasteiger partial charge in [0.2, 0.25) is 10.0 Å². The third kappa shape index (κ3) is 3.08. The van der Waals surface area contributed by atoms with E-state index in [9.17, 15) is 21.6 Å². The summed E-state index contributed by atoms with van der Waals surface area (Å²) in [5.74, 6) is 0. The van der Waals surface area contributed by atoms with Gasteiger partial charge < -0.3 is 0 Å². The third-order valence-corrected chi connectivity index (χ3v) is 5.97. The van der Waals surface area contributed by atoms with Crippen LogP contribution in [-0.4, -0.2) is 37.0 Å². The summed E-state index contributed by atoms with van der Waals surface area (Å²) in [6, 6.07) is 6.42. The Morgan fingerprint density at radius 3 is 2.38 bits per heavy atom. The molecule has 0 saturated carbocycles. The van der Waals surface area contributed by atoms with Crippen LogP contribution < -0.4 is 0 Å². The zero-order valence-corrected chi connectivity index (χ0v) is 15.0. The van der Waals surface area contributed by atoms with Crippen molar-refractivity contribution in [1.29, 1.82) is 0 Å². The number of rotatable bonds is 3. The molecule has 0 amide bonds. The smallest absolute Gasteiger partial charge is 0.278 e. The van der Waals surface area contributed by atoms with Gasteiger partial charge in [-0.25, -0.2) is 12.7 Å². The van der Waals surface area contributed by atoms with Crippen LogP contribution in [0.4, 0.5) is 13.2 Å². The molecular weight excluding hydrogens is 367 g/mol. The largest absolute Gasteiger partial charge is 0.416 e. The fourth-order valence-corrected chi connectivity index (χ4v) is 3.63. The number of fused-ring (bicyclic) bond motifs is 1. The van der Waals surface area contributed by atoms with E-state index in [1.54, 1.807) is 13.0 Å². The van der Waals surface area contributed by atoms with Gasteiger partial charge in [0.05, 0.1) is 22.2 Å². The number of sulfonamides is 1. The van der Waals surface area contributed by atoms with Gasteiger partial charge in [0.1, 0.15) is 0 Å². The van der Waals surface area contributed by atoms with E-state index in [0.717, 1.165) is 16.4 Å². The minimum Gasteiger partial charge on any atom is -0.278 e. The second kappa shape index (κ2) is 6.10. The summed E-state index contributed by atoms with van der Waals surface area (Å²) in [5, 5.41) is 6.86. The number of benzene rings is 2. The highest BCUT2D eigenvalue weighted by Crippen LogP contribution is 2.38. The Labute approximate surface area is 148 Å². The number of nitrogens with one attached hydrogen (secondary N) is 1. The molecule has 3 aromatic rings. The zero-order valence-electron chi connectivity index (χ0n) is 14.2. The lowest BCUT2D eigenvalue weighted by molar-refractivity contribution is -0.137. The van der Waals surface area contributed by atoms with Crippen LogP contribution in [0.1, 0.15) is 11.1 Å². The first-order valence-corrected chi connectivity index (χ1v) is 9.03. The summed E-state index contributed by atoms with van der Waals surface area (Å²) in [6.07, 6.45) is -3.10. The van der Waals surface area contributed by atoms with E-state index >= 15 is 0 Å². The van der Waals surface area contributed by atoms with Gasteiger partial charge in [-0.2, -0.15) is 18.3 Å². The highest BCUT2D eigenvalue weighted by Gasteiger charge is 2.32. The summed E-state index contributed by atoms with van der Waals surface area (Å²) in [4.78, 5) is 0.0113. The van der Waals surface area contributed by atoms with Crippen LogP contribution in [0.5, 0.6) is 0 Å². The lowest BCUT2D eigenvalue weighted by Crippen LogP contribution is -2.22. The highest BCUT2D eigenvalue weighted by molar-refractivity contribution is 7.89. The molecule has 0 aliphatic rings. The Hall–Kier alpha value is -2.39. The lowest BCUT2D eigenvalue weighted by Gasteiger charge is -2.15. The van der Waals surface area contributed by atoms with Crippen LogP contribution in [0.15, 0.2) is 41.4 Å². The standard InChI is InChI=1S/C17H16F3N3O2S/c1-10-4-5-12(26(24,25)23(2)3)8-13(10)14-6-11(17(18,19)20)7-16-15(14)9-21-22-16/h4-9H,1-3H3,(H,21,22). The SMILES string of the molecule is Cc1ccc(S(=O)(=O)N(C)C)cc1-c1cc(C(F)(F)F)cc2[nH]ncc12. The van der Waals surface area contributed by atoms with E-state index in [4.69, 9.17) is 0 Å². The zero-order chi connectivity index (χ0) is 19.3. The van der Waals surface area contributed by atoms with Gasteiger partial charge >= 0.3 is 6.18 Å². The normalized spacial score (nSPS) is 12.9. The molecule has 138 valence electrons. The number of H-pyrrole nitrogens is 1. The quantitative estimate of drug-likeness (QED) is 0.748. The maximum atomic E-state index is 13.3. The van der Waals surface area contributed by atoms with Crippen molar-refractivity contribution in [3.63, 3.8) is 0 Å². The summed E-state index contributed by atoms with van der Waals surface area (Å²) >= 11 is 0. The molecule has 2 aromatic carbocycles. The van der Waals surface area contributed by atoms with Gasteiger partial charge in [-0.3, -0.25) is 5.10 Å². The summed E-state index contributed by atoms with van der Waals surface area (Å²) in [5.41, 5.74) is 0.742. The molecule has 0 atom stereocenters. The van der Waals surface area contributed by atoms with Gasteiger partial charge in [0.15, 0.2) is 0 Å². The maximum absolute atomic E-state index is 13.3. The monoisotopic (exact) mass is 383 g/mol. The third-order valence-electron chi connectivity index (χ3n) is 4.16. The molecule has 0 radical (unpaired) electrons. The van der Waals surface area contributed by atoms with Crippen LogP contribution in [0, 0.1) is 6.92 Å². The van der Waals surface area contributed by atoms with Crippen LogP contribution >= 0.6 is 0 Å².